The summed E-state index contributed by atoms with van der Waals surface area (Å²) in [6.07, 6.45) is 2.45. The molecule has 0 aliphatic carbocycles. The molecule has 0 saturated carbocycles. The van der Waals surface area contributed by atoms with Crippen LogP contribution in [0, 0.1) is 0 Å². The molecule has 0 spiro atoms. The fourth-order valence-electron chi connectivity index (χ4n) is 1.14. The molecule has 0 aromatic heterocycles. The monoisotopic (exact) mass is 274 g/mol. The Morgan fingerprint density at radius 3 is 2.86 bits per heavy atom. The van der Waals surface area contributed by atoms with Crippen LogP contribution < -0.4 is 0 Å². The topological polar surface area (TPSA) is 20.2 Å². The third-order valence-electron chi connectivity index (χ3n) is 1.95. The van der Waals surface area contributed by atoms with Crippen molar-refractivity contribution in [2.75, 3.05) is 5.75 Å². The van der Waals surface area contributed by atoms with E-state index in [1.807, 2.05) is 23.9 Å². The summed E-state index contributed by atoms with van der Waals surface area (Å²) < 4.78 is 1.03. The summed E-state index contributed by atoms with van der Waals surface area (Å²) in [7, 11) is 0. The lowest BCUT2D eigenvalue weighted by atomic mass is 10.2. The molecule has 0 saturated heterocycles. The zero-order valence-corrected chi connectivity index (χ0v) is 10.7. The number of aliphatic hydroxyl groups is 1. The molecule has 78 valence electrons. The Morgan fingerprint density at radius 1 is 1.43 bits per heavy atom. The third kappa shape index (κ3) is 3.64. The van der Waals surface area contributed by atoms with Gasteiger partial charge in [-0.1, -0.05) is 29.3 Å². The Morgan fingerprint density at radius 2 is 2.21 bits per heavy atom. The average molecular weight is 275 g/mol. The Bertz CT molecular complexity index is 289. The minimum atomic E-state index is 0.119. The molecular formula is C11H15BrOS. The van der Waals surface area contributed by atoms with Crippen molar-refractivity contribution in [3.8, 4) is 0 Å². The lowest BCUT2D eigenvalue weighted by Crippen LogP contribution is -1.88. The molecule has 0 bridgehead atoms. The molecule has 3 heteroatoms. The van der Waals surface area contributed by atoms with Crippen LogP contribution >= 0.6 is 27.7 Å². The van der Waals surface area contributed by atoms with Gasteiger partial charge in [-0.15, -0.1) is 11.8 Å². The number of aliphatic hydroxyl groups excluding tert-OH is 1. The van der Waals surface area contributed by atoms with Crippen molar-refractivity contribution in [1.29, 1.82) is 0 Å². The second-order valence-electron chi connectivity index (χ2n) is 3.11. The molecule has 0 aliphatic rings. The zero-order valence-electron chi connectivity index (χ0n) is 8.29. The van der Waals surface area contributed by atoms with Crippen molar-refractivity contribution >= 4 is 27.7 Å². The van der Waals surface area contributed by atoms with Crippen LogP contribution in [0.4, 0.5) is 0 Å². The number of hydrogen-bond donors (Lipinski definition) is 1. The predicted octanol–water partition coefficient (Wildman–Crippen LogP) is 3.83. The first-order chi connectivity index (χ1) is 6.77. The van der Waals surface area contributed by atoms with Crippen LogP contribution in [0.3, 0.4) is 0 Å². The molecule has 0 fully saturated rings. The fourth-order valence-corrected chi connectivity index (χ4v) is 2.67. The van der Waals surface area contributed by atoms with E-state index >= 15 is 0 Å². The molecule has 0 unspecified atom stereocenters. The first-order valence-electron chi connectivity index (χ1n) is 4.80. The molecule has 1 aromatic rings. The van der Waals surface area contributed by atoms with E-state index in [0.717, 1.165) is 15.8 Å². The van der Waals surface area contributed by atoms with Gasteiger partial charge in [-0.05, 0) is 35.9 Å². The van der Waals surface area contributed by atoms with E-state index in [2.05, 4.69) is 28.9 Å². The summed E-state index contributed by atoms with van der Waals surface area (Å²) >= 11 is 5.22. The number of hydrogen-bond acceptors (Lipinski definition) is 2. The van der Waals surface area contributed by atoms with Gasteiger partial charge in [0.25, 0.3) is 0 Å². The second-order valence-corrected chi connectivity index (χ2v) is 5.16. The summed E-state index contributed by atoms with van der Waals surface area (Å²) in [6.45, 7) is 2.31. The van der Waals surface area contributed by atoms with Gasteiger partial charge in [0.15, 0.2) is 0 Å². The maximum atomic E-state index is 9.17. The van der Waals surface area contributed by atoms with E-state index in [-0.39, 0.29) is 6.61 Å². The van der Waals surface area contributed by atoms with E-state index in [1.54, 1.807) is 0 Å². The van der Waals surface area contributed by atoms with Gasteiger partial charge in [-0.25, -0.2) is 0 Å². The summed E-state index contributed by atoms with van der Waals surface area (Å²) in [5.74, 6) is 1.13. The molecule has 1 aromatic carbocycles. The van der Waals surface area contributed by atoms with Crippen molar-refractivity contribution in [3.05, 3.63) is 28.2 Å². The Balaban J connectivity index is 2.65. The van der Waals surface area contributed by atoms with Gasteiger partial charge in [0.05, 0.1) is 6.61 Å². The van der Waals surface area contributed by atoms with Gasteiger partial charge in [0.2, 0.25) is 0 Å². The number of rotatable bonds is 5. The highest BCUT2D eigenvalue weighted by molar-refractivity contribution is 9.10. The highest BCUT2D eigenvalue weighted by Crippen LogP contribution is 2.26. The molecular weight excluding hydrogens is 260 g/mol. The number of benzene rings is 1. The molecule has 0 heterocycles. The van der Waals surface area contributed by atoms with Crippen LogP contribution in [0.15, 0.2) is 27.6 Å². The summed E-state index contributed by atoms with van der Waals surface area (Å²) in [4.78, 5) is 1.20. The van der Waals surface area contributed by atoms with E-state index in [4.69, 9.17) is 5.11 Å². The molecule has 1 N–H and O–H groups in total. The SMILES string of the molecule is CCCCSc1ccc(Br)cc1CO. The first-order valence-corrected chi connectivity index (χ1v) is 6.58. The molecule has 1 nitrogen and oxygen atoms in total. The van der Waals surface area contributed by atoms with E-state index in [1.165, 1.54) is 17.7 Å². The van der Waals surface area contributed by atoms with Crippen molar-refractivity contribution < 1.29 is 5.11 Å². The Labute approximate surface area is 98.0 Å². The average Bonchev–Trinajstić information content (AvgIpc) is 2.20. The van der Waals surface area contributed by atoms with Crippen molar-refractivity contribution in [1.82, 2.24) is 0 Å². The van der Waals surface area contributed by atoms with Gasteiger partial charge in [-0.2, -0.15) is 0 Å². The van der Waals surface area contributed by atoms with Gasteiger partial charge >= 0.3 is 0 Å². The maximum Gasteiger partial charge on any atom is 0.0693 e. The quantitative estimate of drug-likeness (QED) is 0.651. The van der Waals surface area contributed by atoms with E-state index < -0.39 is 0 Å². The zero-order chi connectivity index (χ0) is 10.4. The summed E-state index contributed by atoms with van der Waals surface area (Å²) in [6, 6.07) is 6.07. The molecule has 0 radical (unpaired) electrons. The summed E-state index contributed by atoms with van der Waals surface area (Å²) in [5, 5.41) is 9.17. The largest absolute Gasteiger partial charge is 0.392 e. The second kappa shape index (κ2) is 6.49. The minimum absolute atomic E-state index is 0.119. The van der Waals surface area contributed by atoms with E-state index in [0.29, 0.717) is 0 Å². The minimum Gasteiger partial charge on any atom is -0.392 e. The predicted molar refractivity (Wildman–Crippen MR) is 65.7 cm³/mol. The van der Waals surface area contributed by atoms with Gasteiger partial charge in [0, 0.05) is 9.37 Å². The lowest BCUT2D eigenvalue weighted by molar-refractivity contribution is 0.279. The molecule has 0 atom stereocenters. The maximum absolute atomic E-state index is 9.17. The summed E-state index contributed by atoms with van der Waals surface area (Å²) in [5.41, 5.74) is 1.01. The van der Waals surface area contributed by atoms with Crippen LogP contribution in [0.25, 0.3) is 0 Å². The number of unbranched alkanes of at least 4 members (excludes halogenated alkanes) is 1. The first kappa shape index (κ1) is 12.1. The normalized spacial score (nSPS) is 10.5. The smallest absolute Gasteiger partial charge is 0.0693 e. The fraction of sp³-hybridized carbons (Fsp3) is 0.455. The van der Waals surface area contributed by atoms with Crippen LogP contribution in [0.1, 0.15) is 25.3 Å². The Kier molecular flexibility index (Phi) is 5.60. The number of thioether (sulfide) groups is 1. The van der Waals surface area contributed by atoms with Crippen molar-refractivity contribution in [2.45, 2.75) is 31.3 Å². The molecule has 0 amide bonds. The third-order valence-corrected chi connectivity index (χ3v) is 3.64. The highest BCUT2D eigenvalue weighted by Gasteiger charge is 2.02. The van der Waals surface area contributed by atoms with Gasteiger partial charge in [-0.3, -0.25) is 0 Å². The molecule has 14 heavy (non-hydrogen) atoms. The number of halogens is 1. The van der Waals surface area contributed by atoms with Gasteiger partial charge in [0.1, 0.15) is 0 Å². The van der Waals surface area contributed by atoms with E-state index in [9.17, 15) is 0 Å². The van der Waals surface area contributed by atoms with Crippen molar-refractivity contribution in [3.63, 3.8) is 0 Å². The standard InChI is InChI=1S/C11H15BrOS/c1-2-3-6-14-11-5-4-10(12)7-9(11)8-13/h4-5,7,13H,2-3,6,8H2,1H3. The van der Waals surface area contributed by atoms with Crippen LogP contribution in [-0.2, 0) is 6.61 Å². The van der Waals surface area contributed by atoms with Crippen molar-refractivity contribution in [2.24, 2.45) is 0 Å². The van der Waals surface area contributed by atoms with Crippen LogP contribution in [0.5, 0.6) is 0 Å². The lowest BCUT2D eigenvalue weighted by Gasteiger charge is -2.06. The van der Waals surface area contributed by atoms with Gasteiger partial charge < -0.3 is 5.11 Å². The molecule has 1 rings (SSSR count). The highest BCUT2D eigenvalue weighted by atomic mass is 79.9. The van der Waals surface area contributed by atoms with Crippen LogP contribution in [-0.4, -0.2) is 10.9 Å². The van der Waals surface area contributed by atoms with Crippen LogP contribution in [0.2, 0.25) is 0 Å². The molecule has 0 aliphatic heterocycles. The Hall–Kier alpha value is 0.01000.